The number of ether oxygens (including phenoxy) is 2. The maximum absolute atomic E-state index is 12.9. The summed E-state index contributed by atoms with van der Waals surface area (Å²) in [5.74, 6) is -0.179. The third-order valence-corrected chi connectivity index (χ3v) is 6.84. The smallest absolute Gasteiger partial charge is 0.307 e. The average Bonchev–Trinajstić information content (AvgIpc) is 3.14. The Morgan fingerprint density at radius 3 is 2.50 bits per heavy atom. The maximum atomic E-state index is 12.9. The molecule has 1 amide bonds. The highest BCUT2D eigenvalue weighted by molar-refractivity contribution is 7.89. The van der Waals surface area contributed by atoms with E-state index in [1.54, 1.807) is 41.8 Å². The number of unbranched alkanes of at least 4 members (excludes halogenated alkanes) is 1. The molecule has 0 aliphatic heterocycles. The van der Waals surface area contributed by atoms with Gasteiger partial charge in [0.05, 0.1) is 34.7 Å². The molecule has 34 heavy (non-hydrogen) atoms. The molecule has 0 spiro atoms. The van der Waals surface area contributed by atoms with E-state index in [0.29, 0.717) is 32.9 Å². The number of sulfonamides is 1. The van der Waals surface area contributed by atoms with E-state index in [9.17, 15) is 18.0 Å². The highest BCUT2D eigenvalue weighted by Gasteiger charge is 2.15. The first-order chi connectivity index (χ1) is 16.2. The van der Waals surface area contributed by atoms with Crippen LogP contribution < -0.4 is 14.7 Å². The number of nitrogens with zero attached hydrogens (tertiary/aromatic N) is 2. The molecule has 1 heterocycles. The Kier molecular flexibility index (Phi) is 8.59. The molecule has 2 aromatic carbocycles. The van der Waals surface area contributed by atoms with Crippen LogP contribution in [0.1, 0.15) is 43.5 Å². The fourth-order valence-corrected chi connectivity index (χ4v) is 4.86. The summed E-state index contributed by atoms with van der Waals surface area (Å²) in [5, 5.41) is 5.25. The number of carbonyl (C=O) groups excluding carboxylic acids is 2. The van der Waals surface area contributed by atoms with Gasteiger partial charge in [-0.05, 0) is 55.8 Å². The number of fused-ring (bicyclic) bond motifs is 1. The highest BCUT2D eigenvalue weighted by Crippen LogP contribution is 2.22. The quantitative estimate of drug-likeness (QED) is 0.333. The van der Waals surface area contributed by atoms with Gasteiger partial charge in [0.2, 0.25) is 10.0 Å². The van der Waals surface area contributed by atoms with Gasteiger partial charge in [0, 0.05) is 12.1 Å². The molecule has 0 radical (unpaired) electrons. The Hall–Kier alpha value is -3.02. The predicted octanol–water partition coefficient (Wildman–Crippen LogP) is 3.22. The van der Waals surface area contributed by atoms with E-state index in [4.69, 9.17) is 14.6 Å². The Morgan fingerprint density at radius 2 is 1.85 bits per heavy atom. The number of thiazole rings is 1. The Bertz CT molecular complexity index is 1340. The molecule has 0 unspecified atom stereocenters. The van der Waals surface area contributed by atoms with Crippen LogP contribution >= 0.6 is 11.3 Å². The van der Waals surface area contributed by atoms with Gasteiger partial charge in [0.1, 0.15) is 5.75 Å². The van der Waals surface area contributed by atoms with Gasteiger partial charge < -0.3 is 14.0 Å². The molecule has 0 saturated carbocycles. The fourth-order valence-electron chi connectivity index (χ4n) is 3.15. The summed E-state index contributed by atoms with van der Waals surface area (Å²) in [5.41, 5.74) is 1.01. The van der Waals surface area contributed by atoms with Crippen molar-refractivity contribution in [2.24, 2.45) is 10.1 Å². The molecule has 0 bridgehead atoms. The number of primary sulfonamides is 1. The van der Waals surface area contributed by atoms with E-state index in [-0.39, 0.29) is 30.4 Å². The fraction of sp³-hybridized carbons (Fsp3) is 0.348. The second-order valence-corrected chi connectivity index (χ2v) is 9.98. The number of aromatic nitrogens is 1. The average molecular weight is 506 g/mol. The van der Waals surface area contributed by atoms with Gasteiger partial charge in [-0.1, -0.05) is 24.7 Å². The standard InChI is InChI=1S/C23H27N3O6S2/c1-3-5-14-32-17-8-6-16(7-9-17)22(28)25-23-26(13-12-21(27)31-4-2)19-11-10-18(34(24,29)30)15-20(19)33-23/h6-11,15H,3-5,12-14H2,1-2H3,(H2,24,29,30). The number of hydrogen-bond acceptors (Lipinski definition) is 7. The van der Waals surface area contributed by atoms with Gasteiger partial charge >= 0.3 is 5.97 Å². The Labute approximate surface area is 201 Å². The topological polar surface area (TPSA) is 130 Å². The van der Waals surface area contributed by atoms with Gasteiger partial charge in [0.15, 0.2) is 4.80 Å². The van der Waals surface area contributed by atoms with Gasteiger partial charge in [-0.15, -0.1) is 0 Å². The van der Waals surface area contributed by atoms with E-state index < -0.39 is 15.9 Å². The summed E-state index contributed by atoms with van der Waals surface area (Å²) in [7, 11) is -3.90. The van der Waals surface area contributed by atoms with Crippen molar-refractivity contribution in [3.8, 4) is 5.75 Å². The van der Waals surface area contributed by atoms with Crippen molar-refractivity contribution < 1.29 is 27.5 Å². The minimum atomic E-state index is -3.90. The van der Waals surface area contributed by atoms with E-state index in [0.717, 1.165) is 24.2 Å². The SMILES string of the molecule is CCCCOc1ccc(C(=O)N=c2sc3cc(S(N)(=O)=O)ccc3n2CCC(=O)OCC)cc1. The van der Waals surface area contributed by atoms with Crippen LogP contribution in [0.2, 0.25) is 0 Å². The molecule has 3 aromatic rings. The van der Waals surface area contributed by atoms with Crippen molar-refractivity contribution in [3.05, 3.63) is 52.8 Å². The molecule has 11 heteroatoms. The van der Waals surface area contributed by atoms with Gasteiger partial charge in [-0.2, -0.15) is 4.99 Å². The van der Waals surface area contributed by atoms with E-state index in [1.807, 2.05) is 0 Å². The molecule has 182 valence electrons. The van der Waals surface area contributed by atoms with Gasteiger partial charge in [-0.25, -0.2) is 13.6 Å². The van der Waals surface area contributed by atoms with Crippen LogP contribution in [-0.2, 0) is 26.1 Å². The molecule has 0 fully saturated rings. The molecule has 0 aliphatic carbocycles. The minimum absolute atomic E-state index is 0.0460. The number of amides is 1. The Morgan fingerprint density at radius 1 is 1.12 bits per heavy atom. The highest BCUT2D eigenvalue weighted by atomic mass is 32.2. The first kappa shape index (κ1) is 25.6. The van der Waals surface area contributed by atoms with Gasteiger partial charge in [0.25, 0.3) is 5.91 Å². The zero-order valence-electron chi connectivity index (χ0n) is 19.0. The second-order valence-electron chi connectivity index (χ2n) is 7.41. The van der Waals surface area contributed by atoms with Crippen LogP contribution in [0.5, 0.6) is 5.75 Å². The summed E-state index contributed by atoms with van der Waals surface area (Å²) in [6, 6.07) is 11.1. The zero-order valence-corrected chi connectivity index (χ0v) is 20.7. The lowest BCUT2D eigenvalue weighted by Gasteiger charge is -2.06. The van der Waals surface area contributed by atoms with E-state index in [1.165, 1.54) is 12.1 Å². The van der Waals surface area contributed by atoms with Crippen LogP contribution in [0.3, 0.4) is 0 Å². The van der Waals surface area contributed by atoms with E-state index in [2.05, 4.69) is 11.9 Å². The summed E-state index contributed by atoms with van der Waals surface area (Å²) in [6.45, 7) is 4.88. The van der Waals surface area contributed by atoms with Crippen LogP contribution in [0.15, 0.2) is 52.4 Å². The number of rotatable bonds is 10. The number of aryl methyl sites for hydroxylation is 1. The van der Waals surface area contributed by atoms with Crippen molar-refractivity contribution in [2.75, 3.05) is 13.2 Å². The molecule has 0 aliphatic rings. The number of benzene rings is 2. The molecular formula is C23H27N3O6S2. The summed E-state index contributed by atoms with van der Waals surface area (Å²) in [6.07, 6.45) is 2.04. The Balaban J connectivity index is 1.97. The summed E-state index contributed by atoms with van der Waals surface area (Å²) < 4.78 is 36.4. The predicted molar refractivity (Wildman–Crippen MR) is 129 cm³/mol. The number of carbonyl (C=O) groups is 2. The largest absolute Gasteiger partial charge is 0.494 e. The molecule has 0 saturated heterocycles. The number of esters is 1. The van der Waals surface area contributed by atoms with Crippen molar-refractivity contribution in [2.45, 2.75) is 44.6 Å². The van der Waals surface area contributed by atoms with Crippen LogP contribution in [0.4, 0.5) is 0 Å². The first-order valence-electron chi connectivity index (χ1n) is 10.9. The summed E-state index contributed by atoms with van der Waals surface area (Å²) in [4.78, 5) is 29.3. The van der Waals surface area contributed by atoms with Crippen LogP contribution in [0, 0.1) is 0 Å². The molecular weight excluding hydrogens is 478 g/mol. The molecule has 9 nitrogen and oxygen atoms in total. The third-order valence-electron chi connectivity index (χ3n) is 4.89. The molecule has 0 atom stereocenters. The van der Waals surface area contributed by atoms with E-state index >= 15 is 0 Å². The van der Waals surface area contributed by atoms with Crippen LogP contribution in [-0.4, -0.2) is 38.1 Å². The van der Waals surface area contributed by atoms with Gasteiger partial charge in [-0.3, -0.25) is 9.59 Å². The second kappa shape index (κ2) is 11.4. The lowest BCUT2D eigenvalue weighted by atomic mass is 10.2. The van der Waals surface area contributed by atoms with Crippen molar-refractivity contribution >= 4 is 43.5 Å². The zero-order chi connectivity index (χ0) is 24.7. The van der Waals surface area contributed by atoms with Crippen LogP contribution in [0.25, 0.3) is 10.2 Å². The van der Waals surface area contributed by atoms with Crippen molar-refractivity contribution in [3.63, 3.8) is 0 Å². The summed E-state index contributed by atoms with van der Waals surface area (Å²) >= 11 is 1.14. The van der Waals surface area contributed by atoms with Crippen molar-refractivity contribution in [1.82, 2.24) is 4.57 Å². The first-order valence-corrected chi connectivity index (χ1v) is 13.2. The minimum Gasteiger partial charge on any atom is -0.494 e. The third kappa shape index (κ3) is 6.52. The maximum Gasteiger partial charge on any atom is 0.307 e. The molecule has 3 rings (SSSR count). The molecule has 2 N–H and O–H groups in total. The number of hydrogen-bond donors (Lipinski definition) is 1. The monoisotopic (exact) mass is 505 g/mol. The van der Waals surface area contributed by atoms with Crippen molar-refractivity contribution in [1.29, 1.82) is 0 Å². The lowest BCUT2D eigenvalue weighted by molar-refractivity contribution is -0.143. The normalized spacial score (nSPS) is 12.1. The molecule has 1 aromatic heterocycles. The number of nitrogens with two attached hydrogens (primary N) is 1. The lowest BCUT2D eigenvalue weighted by Crippen LogP contribution is -2.19.